The van der Waals surface area contributed by atoms with Crippen molar-refractivity contribution in [2.75, 3.05) is 10.7 Å². The molecule has 4 nitrogen and oxygen atoms in total. The van der Waals surface area contributed by atoms with Crippen LogP contribution in [0.5, 0.6) is 0 Å². The number of para-hydroxylation sites is 2. The van der Waals surface area contributed by atoms with Gasteiger partial charge in [-0.25, -0.2) is 0 Å². The lowest BCUT2D eigenvalue weighted by Crippen LogP contribution is -2.38. The topological polar surface area (TPSA) is 57.6 Å². The zero-order chi connectivity index (χ0) is 18.1. The Hall–Kier alpha value is -1.85. The van der Waals surface area contributed by atoms with Crippen molar-refractivity contribution in [2.45, 2.75) is 44.6 Å². The highest BCUT2D eigenvalue weighted by molar-refractivity contribution is 7.85. The van der Waals surface area contributed by atoms with Crippen LogP contribution >= 0.6 is 0 Å². The van der Waals surface area contributed by atoms with Crippen LogP contribution in [0.2, 0.25) is 0 Å². The van der Waals surface area contributed by atoms with Gasteiger partial charge >= 0.3 is 0 Å². The Kier molecular flexibility index (Phi) is 4.89. The fraction of sp³-hybridized carbons (Fsp3) is 0.400. The molecule has 25 heavy (non-hydrogen) atoms. The number of hydrogen-bond donors (Lipinski definition) is 1. The lowest BCUT2D eigenvalue weighted by Gasteiger charge is -2.34. The van der Waals surface area contributed by atoms with Crippen molar-refractivity contribution in [1.82, 2.24) is 0 Å². The van der Waals surface area contributed by atoms with Crippen molar-refractivity contribution >= 4 is 21.5 Å². The highest BCUT2D eigenvalue weighted by Crippen LogP contribution is 2.50. The van der Waals surface area contributed by atoms with Gasteiger partial charge in [-0.3, -0.25) is 4.55 Å². The molecule has 1 heterocycles. The summed E-state index contributed by atoms with van der Waals surface area (Å²) in [6.45, 7) is 4.49. The molecule has 0 fully saturated rings. The van der Waals surface area contributed by atoms with Gasteiger partial charge in [0.25, 0.3) is 10.1 Å². The summed E-state index contributed by atoms with van der Waals surface area (Å²) in [6.07, 6.45) is 2.12. The van der Waals surface area contributed by atoms with E-state index in [4.69, 9.17) is 4.55 Å². The van der Waals surface area contributed by atoms with Crippen molar-refractivity contribution in [1.29, 1.82) is 0 Å². The highest BCUT2D eigenvalue weighted by atomic mass is 32.2. The minimum Gasteiger partial charge on any atom is -0.338 e. The number of rotatable bonds is 6. The number of benzene rings is 2. The average Bonchev–Trinajstić information content (AvgIpc) is 2.80. The molecule has 134 valence electrons. The van der Waals surface area contributed by atoms with Gasteiger partial charge in [-0.05, 0) is 43.5 Å². The van der Waals surface area contributed by atoms with E-state index in [1.165, 1.54) is 16.9 Å². The van der Waals surface area contributed by atoms with E-state index in [1.807, 2.05) is 18.2 Å². The summed E-state index contributed by atoms with van der Waals surface area (Å²) in [7, 11) is -3.88. The molecule has 3 rings (SSSR count). The average molecular weight is 359 g/mol. The van der Waals surface area contributed by atoms with E-state index in [0.717, 1.165) is 12.8 Å². The standard InChI is InChI=1S/C20H25NO3S/c1-16-20(2,14-8-9-15-25(22,23)24)18-12-6-7-13-19(18)21(16)17-10-4-3-5-11-17/h3-7,10-13,16H,8-9,14-15H2,1-2H3,(H,22,23,24). The number of fused-ring (bicyclic) bond motifs is 1. The minimum atomic E-state index is -3.88. The summed E-state index contributed by atoms with van der Waals surface area (Å²) >= 11 is 0. The molecule has 0 saturated heterocycles. The molecule has 0 aliphatic carbocycles. The van der Waals surface area contributed by atoms with Crippen LogP contribution < -0.4 is 4.90 Å². The molecule has 2 aromatic carbocycles. The first-order valence-corrected chi connectivity index (χ1v) is 10.3. The Labute approximate surface area is 150 Å². The van der Waals surface area contributed by atoms with E-state index in [9.17, 15) is 8.42 Å². The van der Waals surface area contributed by atoms with E-state index in [2.05, 4.69) is 55.1 Å². The smallest absolute Gasteiger partial charge is 0.264 e. The maximum Gasteiger partial charge on any atom is 0.264 e. The number of hydrogen-bond acceptors (Lipinski definition) is 3. The zero-order valence-corrected chi connectivity index (χ0v) is 15.5. The number of nitrogens with zero attached hydrogens (tertiary/aromatic N) is 1. The summed E-state index contributed by atoms with van der Waals surface area (Å²) in [4.78, 5) is 2.37. The van der Waals surface area contributed by atoms with E-state index >= 15 is 0 Å². The molecule has 1 N–H and O–H groups in total. The lowest BCUT2D eigenvalue weighted by atomic mass is 9.75. The SMILES string of the molecule is CC1N(c2ccccc2)c2ccccc2C1(C)CCCCS(=O)(=O)O. The third-order valence-corrected chi connectivity index (χ3v) is 6.28. The van der Waals surface area contributed by atoms with Crippen molar-refractivity contribution in [3.8, 4) is 0 Å². The Morgan fingerprint density at radius 1 is 1.04 bits per heavy atom. The van der Waals surface area contributed by atoms with E-state index in [-0.39, 0.29) is 17.2 Å². The Balaban J connectivity index is 1.87. The van der Waals surface area contributed by atoms with Gasteiger partial charge in [-0.15, -0.1) is 0 Å². The maximum absolute atomic E-state index is 11.0. The third kappa shape index (κ3) is 3.58. The van der Waals surface area contributed by atoms with Crippen molar-refractivity contribution in [3.05, 3.63) is 60.2 Å². The first-order chi connectivity index (χ1) is 11.8. The molecular weight excluding hydrogens is 334 g/mol. The summed E-state index contributed by atoms with van der Waals surface area (Å²) in [5.41, 5.74) is 3.63. The van der Waals surface area contributed by atoms with Gasteiger partial charge in [0.15, 0.2) is 0 Å². The molecule has 0 bridgehead atoms. The van der Waals surface area contributed by atoms with Crippen LogP contribution in [0.1, 0.15) is 38.7 Å². The molecule has 2 atom stereocenters. The van der Waals surface area contributed by atoms with Crippen LogP contribution in [0, 0.1) is 0 Å². The fourth-order valence-corrected chi connectivity index (χ4v) is 4.53. The zero-order valence-electron chi connectivity index (χ0n) is 14.7. The van der Waals surface area contributed by atoms with Crippen LogP contribution in [-0.4, -0.2) is 24.8 Å². The van der Waals surface area contributed by atoms with Crippen LogP contribution in [0.15, 0.2) is 54.6 Å². The second-order valence-electron chi connectivity index (χ2n) is 7.06. The van der Waals surface area contributed by atoms with Crippen molar-refractivity contribution in [3.63, 3.8) is 0 Å². The van der Waals surface area contributed by atoms with E-state index in [1.54, 1.807) is 0 Å². The third-order valence-electron chi connectivity index (χ3n) is 5.47. The quantitative estimate of drug-likeness (QED) is 0.607. The number of anilines is 2. The summed E-state index contributed by atoms with van der Waals surface area (Å²) in [5.74, 6) is -0.165. The van der Waals surface area contributed by atoms with Gasteiger partial charge in [0, 0.05) is 22.8 Å². The molecule has 0 spiro atoms. The molecule has 2 aromatic rings. The molecule has 0 radical (unpaired) electrons. The second-order valence-corrected chi connectivity index (χ2v) is 8.63. The maximum atomic E-state index is 11.0. The Morgan fingerprint density at radius 2 is 1.68 bits per heavy atom. The highest BCUT2D eigenvalue weighted by Gasteiger charge is 2.45. The molecule has 1 aliphatic heterocycles. The second kappa shape index (κ2) is 6.81. The Bertz CT molecular complexity index is 835. The summed E-state index contributed by atoms with van der Waals surface area (Å²) in [5, 5.41) is 0. The van der Waals surface area contributed by atoms with E-state index in [0.29, 0.717) is 6.42 Å². The predicted molar refractivity (Wildman–Crippen MR) is 102 cm³/mol. The van der Waals surface area contributed by atoms with Gasteiger partial charge < -0.3 is 4.90 Å². The normalized spacial score (nSPS) is 22.8. The predicted octanol–water partition coefficient (Wildman–Crippen LogP) is 4.54. The minimum absolute atomic E-state index is 0.0638. The first-order valence-electron chi connectivity index (χ1n) is 8.72. The van der Waals surface area contributed by atoms with Gasteiger partial charge in [-0.1, -0.05) is 49.7 Å². The Morgan fingerprint density at radius 3 is 2.36 bits per heavy atom. The summed E-state index contributed by atoms with van der Waals surface area (Å²) in [6, 6.07) is 19.1. The van der Waals surface area contributed by atoms with Crippen LogP contribution in [-0.2, 0) is 15.5 Å². The molecule has 0 aromatic heterocycles. The summed E-state index contributed by atoms with van der Waals surface area (Å²) < 4.78 is 30.8. The monoisotopic (exact) mass is 359 g/mol. The van der Waals surface area contributed by atoms with E-state index < -0.39 is 10.1 Å². The fourth-order valence-electron chi connectivity index (χ4n) is 3.96. The van der Waals surface area contributed by atoms with Gasteiger partial charge in [0.2, 0.25) is 0 Å². The molecular formula is C20H25NO3S. The van der Waals surface area contributed by atoms with Gasteiger partial charge in [-0.2, -0.15) is 8.42 Å². The first kappa shape index (κ1) is 18.0. The van der Waals surface area contributed by atoms with Crippen LogP contribution in [0.4, 0.5) is 11.4 Å². The lowest BCUT2D eigenvalue weighted by molar-refractivity contribution is 0.375. The van der Waals surface area contributed by atoms with Gasteiger partial charge in [0.05, 0.1) is 5.75 Å². The number of unbranched alkanes of at least 4 members (excludes halogenated alkanes) is 1. The van der Waals surface area contributed by atoms with Crippen molar-refractivity contribution < 1.29 is 13.0 Å². The van der Waals surface area contributed by atoms with Crippen molar-refractivity contribution in [2.24, 2.45) is 0 Å². The molecule has 0 amide bonds. The van der Waals surface area contributed by atoms with Crippen LogP contribution in [0.25, 0.3) is 0 Å². The molecule has 5 heteroatoms. The molecule has 2 unspecified atom stereocenters. The molecule has 0 saturated carbocycles. The largest absolute Gasteiger partial charge is 0.338 e. The van der Waals surface area contributed by atoms with Gasteiger partial charge in [0.1, 0.15) is 0 Å². The molecule has 1 aliphatic rings. The van der Waals surface area contributed by atoms with Crippen LogP contribution in [0.3, 0.4) is 0 Å².